The molecule has 0 N–H and O–H groups in total. The molecule has 0 radical (unpaired) electrons. The highest BCUT2D eigenvalue weighted by atomic mass is 35.5. The van der Waals surface area contributed by atoms with Crippen LogP contribution in [0.1, 0.15) is 22.8 Å². The van der Waals surface area contributed by atoms with Crippen LogP contribution < -0.4 is 9.64 Å². The van der Waals surface area contributed by atoms with E-state index in [4.69, 9.17) is 16.3 Å². The number of ether oxygens (including phenoxy) is 1. The van der Waals surface area contributed by atoms with Crippen LogP contribution in [0.25, 0.3) is 0 Å². The van der Waals surface area contributed by atoms with Crippen molar-refractivity contribution in [2.24, 2.45) is 0 Å². The summed E-state index contributed by atoms with van der Waals surface area (Å²) >= 11 is 6.02. The van der Waals surface area contributed by atoms with Gasteiger partial charge in [-0.2, -0.15) is 13.2 Å². The van der Waals surface area contributed by atoms with Crippen molar-refractivity contribution in [3.05, 3.63) is 52.7 Å². The van der Waals surface area contributed by atoms with Crippen molar-refractivity contribution in [1.82, 2.24) is 9.88 Å². The van der Waals surface area contributed by atoms with Crippen molar-refractivity contribution < 1.29 is 22.7 Å². The number of benzene rings is 1. The number of rotatable bonds is 4. The number of anilines is 1. The number of nitrogens with zero attached hydrogens (tertiary/aromatic N) is 3. The highest BCUT2D eigenvalue weighted by molar-refractivity contribution is 6.33. The molecule has 0 aliphatic carbocycles. The number of piperazine rings is 1. The summed E-state index contributed by atoms with van der Waals surface area (Å²) in [5, 5.41) is -0.0590. The van der Waals surface area contributed by atoms with Crippen LogP contribution in [0.4, 0.5) is 19.0 Å². The molecule has 1 fully saturated rings. The first kappa shape index (κ1) is 20.3. The number of carbonyl (C=O) groups is 1. The number of pyridine rings is 1. The Morgan fingerprint density at radius 1 is 1.21 bits per heavy atom. The average molecular weight is 414 g/mol. The summed E-state index contributed by atoms with van der Waals surface area (Å²) in [6.45, 7) is 3.94. The number of alkyl halides is 3. The lowest BCUT2D eigenvalue weighted by Gasteiger charge is -2.36. The molecule has 9 heteroatoms. The van der Waals surface area contributed by atoms with Gasteiger partial charge in [-0.25, -0.2) is 4.98 Å². The molecule has 0 atom stereocenters. The second-order valence-electron chi connectivity index (χ2n) is 6.24. The second-order valence-corrected chi connectivity index (χ2v) is 6.64. The lowest BCUT2D eigenvalue weighted by Crippen LogP contribution is -2.49. The molecule has 0 spiro atoms. The Morgan fingerprint density at radius 2 is 1.89 bits per heavy atom. The fourth-order valence-electron chi connectivity index (χ4n) is 3.03. The fraction of sp³-hybridized carbons (Fsp3) is 0.368. The molecule has 1 aliphatic heterocycles. The molecule has 1 amide bonds. The van der Waals surface area contributed by atoms with Gasteiger partial charge in [0.1, 0.15) is 11.6 Å². The molecule has 1 aromatic heterocycles. The van der Waals surface area contributed by atoms with Crippen molar-refractivity contribution in [2.75, 3.05) is 37.7 Å². The van der Waals surface area contributed by atoms with Crippen molar-refractivity contribution in [2.45, 2.75) is 13.1 Å². The van der Waals surface area contributed by atoms with Gasteiger partial charge in [0.05, 0.1) is 22.8 Å². The predicted octanol–water partition coefficient (Wildman–Crippen LogP) is 4.11. The van der Waals surface area contributed by atoms with Gasteiger partial charge < -0.3 is 14.5 Å². The molecule has 3 rings (SSSR count). The van der Waals surface area contributed by atoms with E-state index in [0.29, 0.717) is 44.1 Å². The number of hydrogen-bond acceptors (Lipinski definition) is 4. The summed E-state index contributed by atoms with van der Waals surface area (Å²) in [5.74, 6) is 0.677. The largest absolute Gasteiger partial charge is 0.493 e. The Morgan fingerprint density at radius 3 is 2.50 bits per heavy atom. The van der Waals surface area contributed by atoms with E-state index < -0.39 is 11.7 Å². The summed E-state index contributed by atoms with van der Waals surface area (Å²) < 4.78 is 43.8. The molecule has 1 saturated heterocycles. The first-order valence-electron chi connectivity index (χ1n) is 8.80. The molecule has 1 aliphatic rings. The Balaban J connectivity index is 1.69. The van der Waals surface area contributed by atoms with E-state index in [9.17, 15) is 18.0 Å². The summed E-state index contributed by atoms with van der Waals surface area (Å²) in [4.78, 5) is 20.2. The minimum atomic E-state index is -4.49. The van der Waals surface area contributed by atoms with E-state index in [1.807, 2.05) is 6.92 Å². The maximum atomic E-state index is 12.8. The normalized spacial score (nSPS) is 14.9. The molecule has 0 bridgehead atoms. The number of hydrogen-bond donors (Lipinski definition) is 0. The molecule has 0 saturated carbocycles. The first-order valence-corrected chi connectivity index (χ1v) is 9.18. The minimum absolute atomic E-state index is 0.0590. The van der Waals surface area contributed by atoms with Crippen LogP contribution in [-0.2, 0) is 6.18 Å². The van der Waals surface area contributed by atoms with E-state index in [0.717, 1.165) is 12.3 Å². The van der Waals surface area contributed by atoms with Crippen molar-refractivity contribution >= 4 is 23.3 Å². The molecule has 150 valence electrons. The van der Waals surface area contributed by atoms with Gasteiger partial charge in [-0.15, -0.1) is 0 Å². The van der Waals surface area contributed by atoms with Crippen LogP contribution in [0, 0.1) is 0 Å². The molecule has 0 unspecified atom stereocenters. The zero-order chi connectivity index (χ0) is 20.3. The standard InChI is InChI=1S/C19H19ClF3N3O2/c1-2-28-16-6-4-3-5-14(16)18(27)26-9-7-25(8-10-26)17-15(20)11-13(12-24-17)19(21,22)23/h3-6,11-12H,2,7-10H2,1H3. The maximum Gasteiger partial charge on any atom is 0.417 e. The van der Waals surface area contributed by atoms with Crippen LogP contribution in [0.5, 0.6) is 5.75 Å². The Bertz CT molecular complexity index is 853. The number of para-hydroxylation sites is 1. The molecule has 5 nitrogen and oxygen atoms in total. The van der Waals surface area contributed by atoms with Crippen molar-refractivity contribution in [1.29, 1.82) is 0 Å². The maximum absolute atomic E-state index is 12.8. The monoisotopic (exact) mass is 413 g/mol. The Hall–Kier alpha value is -2.48. The molecule has 2 heterocycles. The summed E-state index contributed by atoms with van der Waals surface area (Å²) in [5.41, 5.74) is -0.397. The van der Waals surface area contributed by atoms with Crippen molar-refractivity contribution in [3.8, 4) is 5.75 Å². The van der Waals surface area contributed by atoms with E-state index in [1.165, 1.54) is 0 Å². The quantitative estimate of drug-likeness (QED) is 0.756. The molecular formula is C19H19ClF3N3O2. The van der Waals surface area contributed by atoms with Gasteiger partial charge in [-0.05, 0) is 25.1 Å². The van der Waals surface area contributed by atoms with Crippen LogP contribution in [0.15, 0.2) is 36.5 Å². The molecular weight excluding hydrogens is 395 g/mol. The van der Waals surface area contributed by atoms with Crippen LogP contribution >= 0.6 is 11.6 Å². The predicted molar refractivity (Wildman–Crippen MR) is 100.0 cm³/mol. The van der Waals surface area contributed by atoms with Gasteiger partial charge in [-0.1, -0.05) is 23.7 Å². The lowest BCUT2D eigenvalue weighted by molar-refractivity contribution is -0.137. The summed E-state index contributed by atoms with van der Waals surface area (Å²) in [6.07, 6.45) is -3.72. The van der Waals surface area contributed by atoms with Crippen LogP contribution in [0.2, 0.25) is 5.02 Å². The fourth-order valence-corrected chi connectivity index (χ4v) is 3.32. The third kappa shape index (κ3) is 4.32. The second kappa shape index (κ2) is 8.26. The zero-order valence-electron chi connectivity index (χ0n) is 15.2. The van der Waals surface area contributed by atoms with E-state index >= 15 is 0 Å². The minimum Gasteiger partial charge on any atom is -0.493 e. The number of carbonyl (C=O) groups excluding carboxylic acids is 1. The molecule has 1 aromatic carbocycles. The average Bonchev–Trinajstić information content (AvgIpc) is 2.67. The van der Waals surface area contributed by atoms with Gasteiger partial charge in [0.25, 0.3) is 5.91 Å². The van der Waals surface area contributed by atoms with Gasteiger partial charge >= 0.3 is 6.18 Å². The smallest absolute Gasteiger partial charge is 0.417 e. The Kier molecular flexibility index (Phi) is 5.98. The summed E-state index contributed by atoms with van der Waals surface area (Å²) in [7, 11) is 0. The number of aromatic nitrogens is 1. The number of amides is 1. The third-order valence-corrected chi connectivity index (χ3v) is 4.71. The molecule has 28 heavy (non-hydrogen) atoms. The highest BCUT2D eigenvalue weighted by Crippen LogP contribution is 2.33. The Labute approximate surface area is 165 Å². The van der Waals surface area contributed by atoms with E-state index in [1.54, 1.807) is 34.1 Å². The van der Waals surface area contributed by atoms with Gasteiger partial charge in [0, 0.05) is 32.4 Å². The van der Waals surface area contributed by atoms with Crippen molar-refractivity contribution in [3.63, 3.8) is 0 Å². The van der Waals surface area contributed by atoms with Crippen LogP contribution in [0.3, 0.4) is 0 Å². The van der Waals surface area contributed by atoms with Crippen LogP contribution in [-0.4, -0.2) is 48.6 Å². The van der Waals surface area contributed by atoms with Gasteiger partial charge in [-0.3, -0.25) is 4.79 Å². The first-order chi connectivity index (χ1) is 13.3. The third-order valence-electron chi connectivity index (χ3n) is 4.43. The zero-order valence-corrected chi connectivity index (χ0v) is 15.9. The van der Waals surface area contributed by atoms with E-state index in [-0.39, 0.29) is 16.7 Å². The SMILES string of the molecule is CCOc1ccccc1C(=O)N1CCN(c2ncc(C(F)(F)F)cc2Cl)CC1. The highest BCUT2D eigenvalue weighted by Gasteiger charge is 2.32. The van der Waals surface area contributed by atoms with E-state index in [2.05, 4.69) is 4.98 Å². The topological polar surface area (TPSA) is 45.7 Å². The lowest BCUT2D eigenvalue weighted by atomic mass is 10.1. The van der Waals surface area contributed by atoms with Gasteiger partial charge in [0.15, 0.2) is 0 Å². The molecule has 2 aromatic rings. The van der Waals surface area contributed by atoms with Gasteiger partial charge in [0.2, 0.25) is 0 Å². The summed E-state index contributed by atoms with van der Waals surface area (Å²) in [6, 6.07) is 7.92. The number of halogens is 4.